The number of amides is 1. The molecule has 1 aromatic heterocycles. The van der Waals surface area contributed by atoms with Crippen molar-refractivity contribution in [2.24, 2.45) is 0 Å². The van der Waals surface area contributed by atoms with Crippen LogP contribution in [-0.4, -0.2) is 23.5 Å². The van der Waals surface area contributed by atoms with Crippen LogP contribution >= 0.6 is 0 Å². The lowest BCUT2D eigenvalue weighted by Crippen LogP contribution is -2.04. The molecule has 1 heterocycles. The number of benzene rings is 2. The van der Waals surface area contributed by atoms with Crippen LogP contribution in [-0.2, 0) is 4.79 Å². The average molecular weight is 391 g/mol. The molecule has 3 rings (SSSR count). The van der Waals surface area contributed by atoms with Crippen LogP contribution in [0.25, 0.3) is 0 Å². The summed E-state index contributed by atoms with van der Waals surface area (Å²) in [5.41, 5.74) is 6.89. The highest BCUT2D eigenvalue weighted by molar-refractivity contribution is 5.79. The van der Waals surface area contributed by atoms with E-state index in [4.69, 9.17) is 4.74 Å². The fourth-order valence-corrected chi connectivity index (χ4v) is 2.96. The Morgan fingerprint density at radius 2 is 1.66 bits per heavy atom. The second-order valence-corrected chi connectivity index (χ2v) is 6.89. The van der Waals surface area contributed by atoms with Crippen LogP contribution in [0.1, 0.15) is 22.3 Å². The first-order chi connectivity index (χ1) is 13.9. The lowest BCUT2D eigenvalue weighted by molar-refractivity contribution is -0.105. The van der Waals surface area contributed by atoms with Crippen molar-refractivity contribution in [2.45, 2.75) is 27.7 Å². The lowest BCUT2D eigenvalue weighted by Gasteiger charge is -2.14. The monoisotopic (exact) mass is 391 g/mol. The number of hydrogen-bond donors (Lipinski definition) is 3. The molecule has 3 aromatic rings. The summed E-state index contributed by atoms with van der Waals surface area (Å²) >= 11 is 0. The molecule has 7 nitrogen and oxygen atoms in total. The summed E-state index contributed by atoms with van der Waals surface area (Å²) in [5, 5.41) is 9.19. The van der Waals surface area contributed by atoms with Crippen molar-refractivity contribution in [1.29, 1.82) is 0 Å². The second kappa shape index (κ2) is 8.60. The molecular formula is C22H25N5O2. The molecule has 0 atom stereocenters. The van der Waals surface area contributed by atoms with Gasteiger partial charge in [0.15, 0.2) is 0 Å². The summed E-state index contributed by atoms with van der Waals surface area (Å²) in [5.74, 6) is 1.75. The Bertz CT molecular complexity index is 1030. The standard InChI is InChI=1S/C22H25N5O2/c1-13-8-18(9-14(2)16(13)4)26-22-23-11-15(3)21(27-22)25-17-6-7-20(29-5)19(10-17)24-12-28/h6-12H,1-5H3,(H,24,28)(H2,23,25,26,27). The Kier molecular flexibility index (Phi) is 5.97. The Morgan fingerprint density at radius 3 is 2.31 bits per heavy atom. The zero-order valence-electron chi connectivity index (χ0n) is 17.3. The third-order valence-corrected chi connectivity index (χ3v) is 4.83. The van der Waals surface area contributed by atoms with E-state index in [-0.39, 0.29) is 0 Å². The van der Waals surface area contributed by atoms with E-state index in [0.717, 1.165) is 16.9 Å². The molecule has 0 aliphatic carbocycles. The number of rotatable bonds is 7. The summed E-state index contributed by atoms with van der Waals surface area (Å²) in [6.07, 6.45) is 2.38. The van der Waals surface area contributed by atoms with E-state index in [9.17, 15) is 4.79 Å². The number of anilines is 5. The molecule has 7 heteroatoms. The van der Waals surface area contributed by atoms with Crippen LogP contribution in [0.4, 0.5) is 28.8 Å². The highest BCUT2D eigenvalue weighted by atomic mass is 16.5. The fourth-order valence-electron chi connectivity index (χ4n) is 2.96. The van der Waals surface area contributed by atoms with E-state index in [1.165, 1.54) is 16.7 Å². The van der Waals surface area contributed by atoms with Crippen molar-refractivity contribution in [3.05, 3.63) is 58.8 Å². The first-order valence-electron chi connectivity index (χ1n) is 9.25. The van der Waals surface area contributed by atoms with Gasteiger partial charge in [0, 0.05) is 23.1 Å². The number of nitrogens with one attached hydrogen (secondary N) is 3. The summed E-state index contributed by atoms with van der Waals surface area (Å²) in [4.78, 5) is 19.8. The van der Waals surface area contributed by atoms with E-state index in [2.05, 4.69) is 58.8 Å². The first-order valence-corrected chi connectivity index (χ1v) is 9.25. The van der Waals surface area contributed by atoms with E-state index in [1.807, 2.05) is 13.0 Å². The van der Waals surface area contributed by atoms with Crippen LogP contribution in [0.15, 0.2) is 36.5 Å². The number of aryl methyl sites for hydroxylation is 3. The third kappa shape index (κ3) is 4.63. The Balaban J connectivity index is 1.86. The normalized spacial score (nSPS) is 10.4. The minimum absolute atomic E-state index is 0.500. The number of carbonyl (C=O) groups excluding carboxylic acids is 1. The lowest BCUT2D eigenvalue weighted by atomic mass is 10.0. The van der Waals surface area contributed by atoms with Crippen LogP contribution in [0.2, 0.25) is 0 Å². The van der Waals surface area contributed by atoms with Crippen molar-refractivity contribution in [1.82, 2.24) is 9.97 Å². The van der Waals surface area contributed by atoms with Crippen LogP contribution in [0, 0.1) is 27.7 Å². The van der Waals surface area contributed by atoms with Crippen molar-refractivity contribution >= 4 is 35.2 Å². The quantitative estimate of drug-likeness (QED) is 0.503. The van der Waals surface area contributed by atoms with Crippen molar-refractivity contribution in [3.63, 3.8) is 0 Å². The Morgan fingerprint density at radius 1 is 0.931 bits per heavy atom. The van der Waals surface area contributed by atoms with Gasteiger partial charge in [-0.1, -0.05) is 0 Å². The van der Waals surface area contributed by atoms with Gasteiger partial charge < -0.3 is 20.7 Å². The Labute approximate surface area is 170 Å². The second-order valence-electron chi connectivity index (χ2n) is 6.89. The van der Waals surface area contributed by atoms with E-state index < -0.39 is 0 Å². The van der Waals surface area contributed by atoms with Gasteiger partial charge in [-0.25, -0.2) is 4.98 Å². The van der Waals surface area contributed by atoms with Gasteiger partial charge in [0.05, 0.1) is 12.8 Å². The van der Waals surface area contributed by atoms with Gasteiger partial charge in [-0.3, -0.25) is 4.79 Å². The molecule has 2 aromatic carbocycles. The number of methoxy groups -OCH3 is 1. The van der Waals surface area contributed by atoms with Crippen molar-refractivity contribution in [2.75, 3.05) is 23.1 Å². The summed E-state index contributed by atoms with van der Waals surface area (Å²) in [6.45, 7) is 8.22. The maximum absolute atomic E-state index is 10.8. The summed E-state index contributed by atoms with van der Waals surface area (Å²) in [7, 11) is 1.55. The maximum atomic E-state index is 10.8. The fraction of sp³-hybridized carbons (Fsp3) is 0.227. The molecule has 0 fully saturated rings. The van der Waals surface area contributed by atoms with Gasteiger partial charge in [0.2, 0.25) is 12.4 Å². The zero-order chi connectivity index (χ0) is 21.0. The molecule has 0 bridgehead atoms. The first kappa shape index (κ1) is 20.1. The largest absolute Gasteiger partial charge is 0.495 e. The highest BCUT2D eigenvalue weighted by Gasteiger charge is 2.09. The molecule has 0 aliphatic rings. The SMILES string of the molecule is COc1ccc(Nc2nc(Nc3cc(C)c(C)c(C)c3)ncc2C)cc1NC=O. The number of carbonyl (C=O) groups is 1. The topological polar surface area (TPSA) is 88.2 Å². The highest BCUT2D eigenvalue weighted by Crippen LogP contribution is 2.30. The van der Waals surface area contributed by atoms with Gasteiger partial charge in [-0.05, 0) is 74.7 Å². The Hall–Kier alpha value is -3.61. The molecular weight excluding hydrogens is 366 g/mol. The minimum Gasteiger partial charge on any atom is -0.495 e. The number of aromatic nitrogens is 2. The molecule has 150 valence electrons. The van der Waals surface area contributed by atoms with E-state index in [0.29, 0.717) is 29.6 Å². The molecule has 0 unspecified atom stereocenters. The van der Waals surface area contributed by atoms with Gasteiger partial charge in [0.25, 0.3) is 0 Å². The molecule has 0 radical (unpaired) electrons. The predicted molar refractivity (Wildman–Crippen MR) is 117 cm³/mol. The molecule has 1 amide bonds. The van der Waals surface area contributed by atoms with Crippen LogP contribution < -0.4 is 20.7 Å². The van der Waals surface area contributed by atoms with Gasteiger partial charge in [-0.15, -0.1) is 0 Å². The predicted octanol–water partition coefficient (Wildman–Crippen LogP) is 4.77. The number of ether oxygens (including phenoxy) is 1. The molecule has 0 spiro atoms. The van der Waals surface area contributed by atoms with Crippen molar-refractivity contribution in [3.8, 4) is 5.75 Å². The van der Waals surface area contributed by atoms with Gasteiger partial charge >= 0.3 is 0 Å². The molecule has 0 saturated carbocycles. The van der Waals surface area contributed by atoms with Crippen LogP contribution in [0.5, 0.6) is 5.75 Å². The smallest absolute Gasteiger partial charge is 0.229 e. The molecule has 29 heavy (non-hydrogen) atoms. The summed E-state index contributed by atoms with van der Waals surface area (Å²) < 4.78 is 5.26. The third-order valence-electron chi connectivity index (χ3n) is 4.83. The van der Waals surface area contributed by atoms with Gasteiger partial charge in [-0.2, -0.15) is 4.98 Å². The maximum Gasteiger partial charge on any atom is 0.229 e. The average Bonchev–Trinajstić information content (AvgIpc) is 2.69. The number of hydrogen-bond acceptors (Lipinski definition) is 6. The number of nitrogens with zero attached hydrogens (tertiary/aromatic N) is 2. The van der Waals surface area contributed by atoms with E-state index in [1.54, 1.807) is 25.4 Å². The van der Waals surface area contributed by atoms with Gasteiger partial charge in [0.1, 0.15) is 11.6 Å². The van der Waals surface area contributed by atoms with Crippen LogP contribution in [0.3, 0.4) is 0 Å². The summed E-state index contributed by atoms with van der Waals surface area (Å²) in [6, 6.07) is 9.59. The zero-order valence-corrected chi connectivity index (χ0v) is 17.3. The molecule has 0 saturated heterocycles. The van der Waals surface area contributed by atoms with Crippen molar-refractivity contribution < 1.29 is 9.53 Å². The van der Waals surface area contributed by atoms with E-state index >= 15 is 0 Å². The molecule has 0 aliphatic heterocycles. The minimum atomic E-state index is 0.500. The molecule has 3 N–H and O–H groups in total.